The molecule has 0 saturated carbocycles. The standard InChI is InChI=1S/C25H20F3NOS/c26-25(27,28)20-8-5-11-23(17-20)31-15-14-24(30-22-9-2-1-3-10-22)29-21-13-12-18-6-4-7-19(18)16-21/h1-3,5,8-17H,4,6-7H2. The van der Waals surface area contributed by atoms with Crippen molar-refractivity contribution < 1.29 is 17.9 Å². The maximum Gasteiger partial charge on any atom is 0.416 e. The van der Waals surface area contributed by atoms with Crippen molar-refractivity contribution in [3.8, 4) is 5.75 Å². The molecule has 0 aromatic heterocycles. The number of hydrogen-bond acceptors (Lipinski definition) is 3. The van der Waals surface area contributed by atoms with Gasteiger partial charge in [-0.2, -0.15) is 13.2 Å². The summed E-state index contributed by atoms with van der Waals surface area (Å²) in [6, 6.07) is 20.6. The molecule has 6 heteroatoms. The Morgan fingerprint density at radius 3 is 2.52 bits per heavy atom. The molecule has 0 spiro atoms. The number of hydrogen-bond donors (Lipinski definition) is 0. The minimum absolute atomic E-state index is 0.364. The molecule has 0 radical (unpaired) electrons. The molecule has 158 valence electrons. The molecule has 1 aliphatic carbocycles. The number of halogens is 3. The minimum Gasteiger partial charge on any atom is -0.439 e. The van der Waals surface area contributed by atoms with Gasteiger partial charge in [0, 0.05) is 11.0 Å². The molecule has 3 aromatic rings. The van der Waals surface area contributed by atoms with E-state index in [4.69, 9.17) is 4.74 Å². The van der Waals surface area contributed by atoms with Crippen LogP contribution in [0.1, 0.15) is 23.1 Å². The minimum atomic E-state index is -4.36. The first-order valence-electron chi connectivity index (χ1n) is 9.91. The van der Waals surface area contributed by atoms with Gasteiger partial charge in [-0.05, 0) is 78.3 Å². The first kappa shape index (κ1) is 21.2. The lowest BCUT2D eigenvalue weighted by Gasteiger charge is -2.08. The van der Waals surface area contributed by atoms with Gasteiger partial charge >= 0.3 is 6.18 Å². The fourth-order valence-electron chi connectivity index (χ4n) is 3.37. The fourth-order valence-corrected chi connectivity index (χ4v) is 4.07. The average molecular weight is 440 g/mol. The summed E-state index contributed by atoms with van der Waals surface area (Å²) in [5.74, 6) is 1.000. The SMILES string of the molecule is FC(F)(F)c1cccc(SC=CC(=Nc2ccc3c(c2)CCC3)Oc2ccccc2)c1. The topological polar surface area (TPSA) is 21.6 Å². The largest absolute Gasteiger partial charge is 0.439 e. The Hall–Kier alpha value is -2.99. The van der Waals surface area contributed by atoms with Crippen molar-refractivity contribution in [1.29, 1.82) is 0 Å². The lowest BCUT2D eigenvalue weighted by atomic mass is 10.1. The van der Waals surface area contributed by atoms with Crippen LogP contribution in [0, 0.1) is 0 Å². The zero-order chi connectivity index (χ0) is 21.7. The van der Waals surface area contributed by atoms with Gasteiger partial charge in [0.25, 0.3) is 0 Å². The first-order valence-corrected chi connectivity index (χ1v) is 10.8. The van der Waals surface area contributed by atoms with E-state index in [0.717, 1.165) is 37.1 Å². The van der Waals surface area contributed by atoms with E-state index in [-0.39, 0.29) is 0 Å². The molecule has 2 nitrogen and oxygen atoms in total. The van der Waals surface area contributed by atoms with Crippen LogP contribution in [-0.2, 0) is 19.0 Å². The summed E-state index contributed by atoms with van der Waals surface area (Å²) in [6.07, 6.45) is 0.612. The van der Waals surface area contributed by atoms with Gasteiger partial charge in [0.1, 0.15) is 5.75 Å². The zero-order valence-electron chi connectivity index (χ0n) is 16.6. The molecule has 0 fully saturated rings. The lowest BCUT2D eigenvalue weighted by molar-refractivity contribution is -0.137. The van der Waals surface area contributed by atoms with E-state index in [2.05, 4.69) is 17.1 Å². The van der Waals surface area contributed by atoms with E-state index in [9.17, 15) is 13.2 Å². The molecule has 0 atom stereocenters. The number of alkyl halides is 3. The van der Waals surface area contributed by atoms with Crippen molar-refractivity contribution in [2.75, 3.05) is 0 Å². The lowest BCUT2D eigenvalue weighted by Crippen LogP contribution is -2.04. The molecule has 31 heavy (non-hydrogen) atoms. The smallest absolute Gasteiger partial charge is 0.416 e. The molecule has 4 rings (SSSR count). The third-order valence-electron chi connectivity index (χ3n) is 4.86. The quantitative estimate of drug-likeness (QED) is 0.232. The molecule has 3 aromatic carbocycles. The van der Waals surface area contributed by atoms with Crippen LogP contribution in [0.25, 0.3) is 0 Å². The fraction of sp³-hybridized carbons (Fsp3) is 0.160. The van der Waals surface area contributed by atoms with E-state index in [1.807, 2.05) is 36.4 Å². The van der Waals surface area contributed by atoms with E-state index in [0.29, 0.717) is 16.5 Å². The molecule has 0 aliphatic heterocycles. The highest BCUT2D eigenvalue weighted by Crippen LogP contribution is 2.32. The van der Waals surface area contributed by atoms with Gasteiger partial charge in [-0.25, -0.2) is 4.99 Å². The number of nitrogens with zero attached hydrogens (tertiary/aromatic N) is 1. The summed E-state index contributed by atoms with van der Waals surface area (Å²) in [5.41, 5.74) is 2.79. The van der Waals surface area contributed by atoms with E-state index in [1.54, 1.807) is 17.6 Å². The van der Waals surface area contributed by atoms with Crippen molar-refractivity contribution in [2.24, 2.45) is 4.99 Å². The molecule has 1 aliphatic rings. The van der Waals surface area contributed by atoms with E-state index >= 15 is 0 Å². The predicted octanol–water partition coefficient (Wildman–Crippen LogP) is 7.61. The normalized spacial score (nSPS) is 14.1. The summed E-state index contributed by atoms with van der Waals surface area (Å²) in [4.78, 5) is 5.12. The highest BCUT2D eigenvalue weighted by Gasteiger charge is 2.30. The third kappa shape index (κ3) is 5.79. The number of aliphatic imine (C=N–C) groups is 1. The molecule has 0 amide bonds. The number of thioether (sulfide) groups is 1. The third-order valence-corrected chi connectivity index (χ3v) is 5.66. The second-order valence-corrected chi connectivity index (χ2v) is 8.10. The van der Waals surface area contributed by atoms with Crippen LogP contribution >= 0.6 is 11.8 Å². The Kier molecular flexibility index (Phi) is 6.47. The number of para-hydroxylation sites is 1. The highest BCUT2D eigenvalue weighted by atomic mass is 32.2. The van der Waals surface area contributed by atoms with Crippen LogP contribution in [0.5, 0.6) is 5.75 Å². The number of aryl methyl sites for hydroxylation is 2. The van der Waals surface area contributed by atoms with Gasteiger partial charge < -0.3 is 4.74 Å². The number of benzene rings is 3. The maximum absolute atomic E-state index is 12.9. The summed E-state index contributed by atoms with van der Waals surface area (Å²) >= 11 is 1.18. The number of rotatable bonds is 5. The van der Waals surface area contributed by atoms with Gasteiger partial charge in [-0.1, -0.05) is 42.1 Å². The van der Waals surface area contributed by atoms with Gasteiger partial charge in [-0.3, -0.25) is 0 Å². The molecular formula is C25H20F3NOS. The Labute approximate surface area is 183 Å². The second-order valence-electron chi connectivity index (χ2n) is 7.12. The van der Waals surface area contributed by atoms with Crippen LogP contribution < -0.4 is 4.74 Å². The van der Waals surface area contributed by atoms with Crippen LogP contribution in [0.3, 0.4) is 0 Å². The summed E-state index contributed by atoms with van der Waals surface area (Å²) in [5, 5.41) is 1.69. The molecule has 0 N–H and O–H groups in total. The molecular weight excluding hydrogens is 419 g/mol. The Morgan fingerprint density at radius 1 is 0.903 bits per heavy atom. The van der Waals surface area contributed by atoms with Crippen LogP contribution in [0.4, 0.5) is 18.9 Å². The van der Waals surface area contributed by atoms with Gasteiger partial charge in [0.15, 0.2) is 0 Å². The van der Waals surface area contributed by atoms with Crippen molar-refractivity contribution in [2.45, 2.75) is 30.3 Å². The van der Waals surface area contributed by atoms with Crippen molar-refractivity contribution >= 4 is 23.3 Å². The molecule has 0 unspecified atom stereocenters. The van der Waals surface area contributed by atoms with Crippen molar-refractivity contribution in [3.05, 3.63) is 101 Å². The van der Waals surface area contributed by atoms with Gasteiger partial charge in [0.2, 0.25) is 5.90 Å². The highest BCUT2D eigenvalue weighted by molar-refractivity contribution is 8.02. The molecule has 0 heterocycles. The van der Waals surface area contributed by atoms with Crippen LogP contribution in [-0.4, -0.2) is 5.90 Å². The first-order chi connectivity index (χ1) is 15.0. The summed E-state index contributed by atoms with van der Waals surface area (Å²) < 4.78 is 44.7. The van der Waals surface area contributed by atoms with Crippen LogP contribution in [0.15, 0.2) is 94.2 Å². The van der Waals surface area contributed by atoms with Crippen molar-refractivity contribution in [3.63, 3.8) is 0 Å². The zero-order valence-corrected chi connectivity index (χ0v) is 17.4. The number of ether oxygens (including phenoxy) is 1. The predicted molar refractivity (Wildman–Crippen MR) is 119 cm³/mol. The summed E-state index contributed by atoms with van der Waals surface area (Å²) in [7, 11) is 0. The van der Waals surface area contributed by atoms with Crippen LogP contribution in [0.2, 0.25) is 0 Å². The average Bonchev–Trinajstić information content (AvgIpc) is 3.22. The summed E-state index contributed by atoms with van der Waals surface area (Å²) in [6.45, 7) is 0. The molecule has 0 bridgehead atoms. The van der Waals surface area contributed by atoms with Gasteiger partial charge in [-0.15, -0.1) is 0 Å². The van der Waals surface area contributed by atoms with E-state index in [1.165, 1.54) is 29.0 Å². The Morgan fingerprint density at radius 2 is 1.71 bits per heavy atom. The number of fused-ring (bicyclic) bond motifs is 1. The molecule has 0 saturated heterocycles. The Balaban J connectivity index is 1.56. The maximum atomic E-state index is 12.9. The van der Waals surface area contributed by atoms with Gasteiger partial charge in [0.05, 0.1) is 11.3 Å². The Bertz CT molecular complexity index is 1110. The monoisotopic (exact) mass is 439 g/mol. The van der Waals surface area contributed by atoms with E-state index < -0.39 is 11.7 Å². The van der Waals surface area contributed by atoms with Crippen molar-refractivity contribution in [1.82, 2.24) is 0 Å². The second kappa shape index (κ2) is 9.43.